The fraction of sp³-hybridized carbons (Fsp3) is 0.533. The van der Waals surface area contributed by atoms with E-state index in [1.54, 1.807) is 11.8 Å². The molecule has 5 heteroatoms. The molecule has 0 saturated heterocycles. The minimum atomic E-state index is -0.183. The van der Waals surface area contributed by atoms with Crippen LogP contribution in [0.15, 0.2) is 24.3 Å². The number of amides is 2. The number of carbonyl (C=O) groups is 1. The predicted octanol–water partition coefficient (Wildman–Crippen LogP) is 1.95. The SMILES string of the molecule is CSC(CO)C(C)NC(=O)NCCc1cccc(C)c1. The van der Waals surface area contributed by atoms with E-state index >= 15 is 0 Å². The van der Waals surface area contributed by atoms with Gasteiger partial charge in [-0.25, -0.2) is 4.79 Å². The summed E-state index contributed by atoms with van der Waals surface area (Å²) in [6, 6.07) is 8.02. The molecule has 0 aliphatic rings. The van der Waals surface area contributed by atoms with Crippen LogP contribution in [-0.2, 0) is 6.42 Å². The Morgan fingerprint density at radius 3 is 2.80 bits per heavy atom. The lowest BCUT2D eigenvalue weighted by atomic mass is 10.1. The minimum Gasteiger partial charge on any atom is -0.395 e. The second-order valence-electron chi connectivity index (χ2n) is 4.88. The minimum absolute atomic E-state index is 0.0255. The maximum Gasteiger partial charge on any atom is 0.315 e. The van der Waals surface area contributed by atoms with E-state index in [4.69, 9.17) is 5.11 Å². The molecule has 2 unspecified atom stereocenters. The molecule has 0 bridgehead atoms. The van der Waals surface area contributed by atoms with E-state index in [1.807, 2.05) is 19.2 Å². The van der Waals surface area contributed by atoms with Gasteiger partial charge in [0.15, 0.2) is 0 Å². The van der Waals surface area contributed by atoms with Crippen LogP contribution < -0.4 is 10.6 Å². The topological polar surface area (TPSA) is 61.4 Å². The second kappa shape index (κ2) is 8.87. The third kappa shape index (κ3) is 5.84. The molecule has 0 aliphatic heterocycles. The van der Waals surface area contributed by atoms with Gasteiger partial charge in [-0.1, -0.05) is 29.8 Å². The zero-order valence-corrected chi connectivity index (χ0v) is 13.2. The number of aliphatic hydroxyl groups excluding tert-OH is 1. The fourth-order valence-corrected chi connectivity index (χ4v) is 2.60. The van der Waals surface area contributed by atoms with Crippen LogP contribution in [0.3, 0.4) is 0 Å². The van der Waals surface area contributed by atoms with Crippen LogP contribution in [0.2, 0.25) is 0 Å². The fourth-order valence-electron chi connectivity index (χ4n) is 1.98. The quantitative estimate of drug-likeness (QED) is 0.721. The van der Waals surface area contributed by atoms with Crippen LogP contribution in [0.25, 0.3) is 0 Å². The van der Waals surface area contributed by atoms with E-state index in [-0.39, 0.29) is 23.9 Å². The molecular weight excluding hydrogens is 272 g/mol. The van der Waals surface area contributed by atoms with Crippen molar-refractivity contribution in [2.24, 2.45) is 0 Å². The van der Waals surface area contributed by atoms with Crippen LogP contribution in [-0.4, -0.2) is 41.8 Å². The largest absolute Gasteiger partial charge is 0.395 e. The Morgan fingerprint density at radius 2 is 2.20 bits per heavy atom. The van der Waals surface area contributed by atoms with Crippen molar-refractivity contribution in [1.82, 2.24) is 10.6 Å². The molecule has 0 aliphatic carbocycles. The molecule has 0 spiro atoms. The van der Waals surface area contributed by atoms with Gasteiger partial charge >= 0.3 is 6.03 Å². The molecule has 0 aromatic heterocycles. The highest BCUT2D eigenvalue weighted by atomic mass is 32.2. The van der Waals surface area contributed by atoms with Gasteiger partial charge in [0.25, 0.3) is 0 Å². The second-order valence-corrected chi connectivity index (χ2v) is 5.96. The van der Waals surface area contributed by atoms with Gasteiger partial charge in [-0.3, -0.25) is 0 Å². The van der Waals surface area contributed by atoms with Gasteiger partial charge in [-0.2, -0.15) is 11.8 Å². The number of urea groups is 1. The molecule has 0 fully saturated rings. The summed E-state index contributed by atoms with van der Waals surface area (Å²) in [4.78, 5) is 11.7. The van der Waals surface area contributed by atoms with Crippen molar-refractivity contribution in [2.45, 2.75) is 31.6 Å². The van der Waals surface area contributed by atoms with Gasteiger partial charge in [-0.15, -0.1) is 0 Å². The standard InChI is InChI=1S/C15H24N2O2S/c1-11-5-4-6-13(9-11)7-8-16-15(19)17-12(2)14(10-18)20-3/h4-6,9,12,14,18H,7-8,10H2,1-3H3,(H2,16,17,19). The van der Waals surface area contributed by atoms with Gasteiger partial charge in [0.1, 0.15) is 0 Å². The van der Waals surface area contributed by atoms with Crippen LogP contribution >= 0.6 is 11.8 Å². The number of thioether (sulfide) groups is 1. The first-order chi connectivity index (χ1) is 9.56. The molecule has 0 saturated carbocycles. The van der Waals surface area contributed by atoms with E-state index in [0.717, 1.165) is 6.42 Å². The summed E-state index contributed by atoms with van der Waals surface area (Å²) in [5.74, 6) is 0. The molecular formula is C15H24N2O2S. The average molecular weight is 296 g/mol. The highest BCUT2D eigenvalue weighted by Crippen LogP contribution is 2.10. The summed E-state index contributed by atoms with van der Waals surface area (Å²) in [5.41, 5.74) is 2.45. The van der Waals surface area contributed by atoms with Gasteiger partial charge in [0.05, 0.1) is 6.61 Å². The molecule has 0 radical (unpaired) electrons. The van der Waals surface area contributed by atoms with E-state index in [9.17, 15) is 4.79 Å². The molecule has 112 valence electrons. The zero-order valence-electron chi connectivity index (χ0n) is 12.3. The maximum atomic E-state index is 11.7. The lowest BCUT2D eigenvalue weighted by Gasteiger charge is -2.21. The number of aryl methyl sites for hydroxylation is 1. The summed E-state index contributed by atoms with van der Waals surface area (Å²) in [6.07, 6.45) is 2.74. The molecule has 2 atom stereocenters. The highest BCUT2D eigenvalue weighted by Gasteiger charge is 2.16. The lowest BCUT2D eigenvalue weighted by Crippen LogP contribution is -2.46. The summed E-state index contributed by atoms with van der Waals surface area (Å²) < 4.78 is 0. The highest BCUT2D eigenvalue weighted by molar-refractivity contribution is 7.99. The Morgan fingerprint density at radius 1 is 1.45 bits per heavy atom. The zero-order chi connectivity index (χ0) is 15.0. The van der Waals surface area contributed by atoms with E-state index in [0.29, 0.717) is 6.54 Å². The molecule has 1 aromatic rings. The number of aliphatic hydroxyl groups is 1. The first-order valence-electron chi connectivity index (χ1n) is 6.80. The summed E-state index contributed by atoms with van der Waals surface area (Å²) in [6.45, 7) is 4.62. The molecule has 3 N–H and O–H groups in total. The van der Waals surface area contributed by atoms with Crippen LogP contribution in [0.1, 0.15) is 18.1 Å². The van der Waals surface area contributed by atoms with E-state index in [2.05, 4.69) is 35.8 Å². The number of hydrogen-bond donors (Lipinski definition) is 3. The van der Waals surface area contributed by atoms with Crippen molar-refractivity contribution in [2.75, 3.05) is 19.4 Å². The number of nitrogens with one attached hydrogen (secondary N) is 2. The smallest absolute Gasteiger partial charge is 0.315 e. The Bertz CT molecular complexity index is 422. The average Bonchev–Trinajstić information content (AvgIpc) is 2.40. The van der Waals surface area contributed by atoms with Gasteiger partial charge in [0, 0.05) is 17.8 Å². The lowest BCUT2D eigenvalue weighted by molar-refractivity contribution is 0.232. The van der Waals surface area contributed by atoms with Crippen molar-refractivity contribution < 1.29 is 9.90 Å². The molecule has 0 heterocycles. The van der Waals surface area contributed by atoms with Crippen molar-refractivity contribution >= 4 is 17.8 Å². The first-order valence-corrected chi connectivity index (χ1v) is 8.09. The van der Waals surface area contributed by atoms with Crippen molar-refractivity contribution in [3.05, 3.63) is 35.4 Å². The number of benzene rings is 1. The Labute approximate surface area is 125 Å². The third-order valence-electron chi connectivity index (χ3n) is 3.18. The predicted molar refractivity (Wildman–Crippen MR) is 85.3 cm³/mol. The Hall–Kier alpha value is -1.20. The number of rotatable bonds is 7. The summed E-state index contributed by atoms with van der Waals surface area (Å²) in [5, 5.41) is 14.9. The molecule has 2 amide bonds. The molecule has 4 nitrogen and oxygen atoms in total. The van der Waals surface area contributed by atoms with Crippen molar-refractivity contribution in [1.29, 1.82) is 0 Å². The van der Waals surface area contributed by atoms with Crippen molar-refractivity contribution in [3.63, 3.8) is 0 Å². The Kier molecular flexibility index (Phi) is 7.47. The van der Waals surface area contributed by atoms with E-state index in [1.165, 1.54) is 11.1 Å². The van der Waals surface area contributed by atoms with Gasteiger partial charge in [0.2, 0.25) is 0 Å². The van der Waals surface area contributed by atoms with Crippen LogP contribution in [0.4, 0.5) is 4.79 Å². The van der Waals surface area contributed by atoms with Crippen LogP contribution in [0, 0.1) is 6.92 Å². The summed E-state index contributed by atoms with van der Waals surface area (Å²) >= 11 is 1.55. The van der Waals surface area contributed by atoms with Gasteiger partial charge in [-0.05, 0) is 32.1 Å². The maximum absolute atomic E-state index is 11.7. The molecule has 1 rings (SSSR count). The first kappa shape index (κ1) is 16.9. The van der Waals surface area contributed by atoms with Crippen molar-refractivity contribution in [3.8, 4) is 0 Å². The van der Waals surface area contributed by atoms with Crippen LogP contribution in [0.5, 0.6) is 0 Å². The van der Waals surface area contributed by atoms with Gasteiger partial charge < -0.3 is 15.7 Å². The molecule has 1 aromatic carbocycles. The molecule has 20 heavy (non-hydrogen) atoms. The third-order valence-corrected chi connectivity index (χ3v) is 4.34. The number of carbonyl (C=O) groups excluding carboxylic acids is 1. The normalized spacial score (nSPS) is 13.6. The van der Waals surface area contributed by atoms with E-state index < -0.39 is 0 Å². The Balaban J connectivity index is 2.30. The number of hydrogen-bond acceptors (Lipinski definition) is 3. The summed E-state index contributed by atoms with van der Waals surface area (Å²) in [7, 11) is 0. The monoisotopic (exact) mass is 296 g/mol.